The minimum Gasteiger partial charge on any atom is -0.855 e. The zero-order valence-electron chi connectivity index (χ0n) is 9.66. The molecule has 0 fully saturated rings. The molecule has 0 spiro atoms. The first-order valence-electron chi connectivity index (χ1n) is 4.92. The predicted molar refractivity (Wildman–Crippen MR) is 58.7 cm³/mol. The van der Waals surface area contributed by atoms with E-state index in [0.717, 1.165) is 11.0 Å². The van der Waals surface area contributed by atoms with Crippen molar-refractivity contribution in [2.24, 2.45) is 0 Å². The van der Waals surface area contributed by atoms with Crippen molar-refractivity contribution in [1.82, 2.24) is 0 Å². The lowest BCUT2D eigenvalue weighted by atomic mass is 10.2. The first kappa shape index (κ1) is 13.1. The second kappa shape index (κ2) is 6.57. The maximum Gasteiger partial charge on any atom is 0.104 e. The molecule has 1 rings (SSSR count). The van der Waals surface area contributed by atoms with E-state index in [2.05, 4.69) is 51.5 Å². The molecule has 0 bridgehead atoms. The molecule has 1 aromatic rings. The number of benzene rings is 1. The van der Waals surface area contributed by atoms with Gasteiger partial charge < -0.3 is 9.59 Å². The van der Waals surface area contributed by atoms with Crippen LogP contribution in [0, 0.1) is 0 Å². The minimum atomic E-state index is 0. The summed E-state index contributed by atoms with van der Waals surface area (Å²) in [7, 11) is 6.60. The summed E-state index contributed by atoms with van der Waals surface area (Å²) >= 11 is 0. The highest BCUT2D eigenvalue weighted by molar-refractivity contribution is 5.13. The van der Waals surface area contributed by atoms with Crippen molar-refractivity contribution >= 4 is 0 Å². The highest BCUT2D eigenvalue weighted by Gasteiger charge is 2.06. The van der Waals surface area contributed by atoms with Gasteiger partial charge in [-0.3, -0.25) is 0 Å². The molecule has 0 atom stereocenters. The van der Waals surface area contributed by atoms with Gasteiger partial charge in [-0.1, -0.05) is 37.3 Å². The summed E-state index contributed by atoms with van der Waals surface area (Å²) < 4.78 is 0.990. The predicted octanol–water partition coefficient (Wildman–Crippen LogP) is 1.26. The summed E-state index contributed by atoms with van der Waals surface area (Å²) in [5.74, 6) is 0. The molecule has 0 aliphatic heterocycles. The zero-order chi connectivity index (χ0) is 11.0. The van der Waals surface area contributed by atoms with E-state index in [1.165, 1.54) is 5.56 Å². The standard InChI is InChI=1S/C10H16N.C2H5O/c1-11(2,3)9-10-7-5-4-6-8-10;1-2-3/h4-8H,9H2,1-3H3;2H2,1H3/q+1;-1. The first-order valence-corrected chi connectivity index (χ1v) is 4.92. The molecule has 80 valence electrons. The van der Waals surface area contributed by atoms with Gasteiger partial charge in [0.1, 0.15) is 6.54 Å². The summed E-state index contributed by atoms with van der Waals surface area (Å²) in [6.45, 7) is 2.67. The SMILES string of the molecule is CC[O-].C[N+](C)(C)Cc1ccccc1. The van der Waals surface area contributed by atoms with Gasteiger partial charge in [0, 0.05) is 5.56 Å². The molecular weight excluding hydrogens is 174 g/mol. The minimum absolute atomic E-state index is 0. The number of quaternary nitrogens is 1. The topological polar surface area (TPSA) is 23.1 Å². The van der Waals surface area contributed by atoms with Gasteiger partial charge in [0.15, 0.2) is 0 Å². The third kappa shape index (κ3) is 7.77. The smallest absolute Gasteiger partial charge is 0.104 e. The van der Waals surface area contributed by atoms with Gasteiger partial charge >= 0.3 is 0 Å². The van der Waals surface area contributed by atoms with Crippen molar-refractivity contribution < 1.29 is 9.59 Å². The highest BCUT2D eigenvalue weighted by atomic mass is 16.2. The van der Waals surface area contributed by atoms with Crippen LogP contribution < -0.4 is 5.11 Å². The Kier molecular flexibility index (Phi) is 6.17. The highest BCUT2D eigenvalue weighted by Crippen LogP contribution is 2.04. The largest absolute Gasteiger partial charge is 0.855 e. The molecule has 1 aromatic carbocycles. The number of nitrogens with zero attached hydrogens (tertiary/aromatic N) is 1. The molecule has 0 saturated carbocycles. The molecule has 0 radical (unpaired) electrons. The van der Waals surface area contributed by atoms with Crippen LogP contribution in [-0.4, -0.2) is 32.2 Å². The Morgan fingerprint density at radius 3 is 1.86 bits per heavy atom. The summed E-state index contributed by atoms with van der Waals surface area (Å²) in [6, 6.07) is 10.6. The lowest BCUT2D eigenvalue weighted by molar-refractivity contribution is -0.884. The van der Waals surface area contributed by atoms with E-state index in [4.69, 9.17) is 5.11 Å². The number of hydrogen-bond acceptors (Lipinski definition) is 1. The van der Waals surface area contributed by atoms with Crippen LogP contribution in [-0.2, 0) is 6.54 Å². The van der Waals surface area contributed by atoms with Crippen LogP contribution in [0.3, 0.4) is 0 Å². The lowest BCUT2D eigenvalue weighted by Crippen LogP contribution is -2.33. The molecule has 0 heterocycles. The Labute approximate surface area is 87.4 Å². The van der Waals surface area contributed by atoms with Gasteiger partial charge in [-0.25, -0.2) is 0 Å². The van der Waals surface area contributed by atoms with Crippen molar-refractivity contribution in [2.45, 2.75) is 13.5 Å². The molecule has 0 amide bonds. The van der Waals surface area contributed by atoms with Crippen LogP contribution in [0.1, 0.15) is 12.5 Å². The maximum absolute atomic E-state index is 8.93. The van der Waals surface area contributed by atoms with Crippen molar-refractivity contribution in [3.8, 4) is 0 Å². The normalized spacial score (nSPS) is 10.4. The molecular formula is C12H21NO. The molecule has 0 aliphatic carbocycles. The van der Waals surface area contributed by atoms with Crippen LogP contribution in [0.5, 0.6) is 0 Å². The van der Waals surface area contributed by atoms with E-state index in [0.29, 0.717) is 0 Å². The lowest BCUT2D eigenvalue weighted by Gasteiger charge is -2.23. The summed E-state index contributed by atoms with van der Waals surface area (Å²) in [5, 5.41) is 8.93. The Morgan fingerprint density at radius 1 is 1.07 bits per heavy atom. The zero-order valence-corrected chi connectivity index (χ0v) is 9.66. The molecule has 14 heavy (non-hydrogen) atoms. The van der Waals surface area contributed by atoms with Crippen LogP contribution in [0.25, 0.3) is 0 Å². The fourth-order valence-corrected chi connectivity index (χ4v) is 1.13. The van der Waals surface area contributed by atoms with E-state index >= 15 is 0 Å². The average Bonchev–Trinajstić information content (AvgIpc) is 2.04. The van der Waals surface area contributed by atoms with Crippen LogP contribution in [0.2, 0.25) is 0 Å². The molecule has 2 nitrogen and oxygen atoms in total. The Balaban J connectivity index is 0.000000500. The van der Waals surface area contributed by atoms with Crippen molar-refractivity contribution in [1.29, 1.82) is 0 Å². The van der Waals surface area contributed by atoms with E-state index in [1.54, 1.807) is 6.92 Å². The summed E-state index contributed by atoms with van der Waals surface area (Å²) in [5.41, 5.74) is 1.40. The van der Waals surface area contributed by atoms with Crippen LogP contribution in [0.15, 0.2) is 30.3 Å². The van der Waals surface area contributed by atoms with Crippen molar-refractivity contribution in [2.75, 3.05) is 27.7 Å². The van der Waals surface area contributed by atoms with Gasteiger partial charge in [0.2, 0.25) is 0 Å². The van der Waals surface area contributed by atoms with E-state index in [9.17, 15) is 0 Å². The Bertz CT molecular complexity index is 226. The molecule has 2 heteroatoms. The Morgan fingerprint density at radius 2 is 1.50 bits per heavy atom. The fourth-order valence-electron chi connectivity index (χ4n) is 1.13. The van der Waals surface area contributed by atoms with Gasteiger partial charge in [0.05, 0.1) is 21.1 Å². The van der Waals surface area contributed by atoms with Crippen molar-refractivity contribution in [3.63, 3.8) is 0 Å². The third-order valence-electron chi connectivity index (χ3n) is 1.50. The van der Waals surface area contributed by atoms with Crippen LogP contribution >= 0.6 is 0 Å². The fraction of sp³-hybridized carbons (Fsp3) is 0.500. The molecule has 0 aliphatic rings. The number of hydrogen-bond donors (Lipinski definition) is 0. The second-order valence-electron chi connectivity index (χ2n) is 4.22. The molecule has 0 N–H and O–H groups in total. The monoisotopic (exact) mass is 195 g/mol. The molecule has 0 unspecified atom stereocenters. The quantitative estimate of drug-likeness (QED) is 0.652. The van der Waals surface area contributed by atoms with Gasteiger partial charge in [-0.15, -0.1) is 6.61 Å². The molecule has 0 aromatic heterocycles. The molecule has 0 saturated heterocycles. The third-order valence-corrected chi connectivity index (χ3v) is 1.50. The van der Waals surface area contributed by atoms with E-state index in [1.807, 2.05) is 0 Å². The Hall–Kier alpha value is -0.860. The summed E-state index contributed by atoms with van der Waals surface area (Å²) in [6.07, 6.45) is 0. The average molecular weight is 195 g/mol. The van der Waals surface area contributed by atoms with Gasteiger partial charge in [-0.05, 0) is 0 Å². The van der Waals surface area contributed by atoms with Gasteiger partial charge in [-0.2, -0.15) is 0 Å². The van der Waals surface area contributed by atoms with E-state index < -0.39 is 0 Å². The van der Waals surface area contributed by atoms with Crippen LogP contribution in [0.4, 0.5) is 0 Å². The maximum atomic E-state index is 8.93. The van der Waals surface area contributed by atoms with Crippen molar-refractivity contribution in [3.05, 3.63) is 35.9 Å². The van der Waals surface area contributed by atoms with E-state index in [-0.39, 0.29) is 6.61 Å². The number of rotatable bonds is 2. The summed E-state index contributed by atoms with van der Waals surface area (Å²) in [4.78, 5) is 0. The van der Waals surface area contributed by atoms with Gasteiger partial charge in [0.25, 0.3) is 0 Å². The first-order chi connectivity index (χ1) is 6.49. The second-order valence-corrected chi connectivity index (χ2v) is 4.22.